The van der Waals surface area contributed by atoms with E-state index in [1.54, 1.807) is 25.1 Å². The van der Waals surface area contributed by atoms with E-state index >= 15 is 0 Å². The third-order valence-corrected chi connectivity index (χ3v) is 4.43. The van der Waals surface area contributed by atoms with Gasteiger partial charge in [0.1, 0.15) is 5.82 Å². The van der Waals surface area contributed by atoms with Crippen LogP contribution in [0.4, 0.5) is 5.69 Å². The fourth-order valence-corrected chi connectivity index (χ4v) is 2.82. The number of aryl methyl sites for hydroxylation is 1. The van der Waals surface area contributed by atoms with Crippen molar-refractivity contribution in [2.75, 3.05) is 4.72 Å². The molecule has 0 fully saturated rings. The Labute approximate surface area is 117 Å². The van der Waals surface area contributed by atoms with Crippen molar-refractivity contribution in [3.63, 3.8) is 0 Å². The maximum absolute atomic E-state index is 12.2. The molecule has 19 heavy (non-hydrogen) atoms. The molecule has 0 unspecified atom stereocenters. The molecule has 2 N–H and O–H groups in total. The van der Waals surface area contributed by atoms with Crippen LogP contribution in [-0.2, 0) is 16.4 Å². The second-order valence-corrected chi connectivity index (χ2v) is 6.12. The zero-order valence-corrected chi connectivity index (χ0v) is 12.1. The SMILES string of the molecule is CCc1ncc(S(=O)(=O)Nc2cccc(Cl)c2C)[nH]1. The lowest BCUT2D eigenvalue weighted by molar-refractivity contribution is 0.598. The van der Waals surface area contributed by atoms with E-state index in [0.29, 0.717) is 28.5 Å². The van der Waals surface area contributed by atoms with Gasteiger partial charge in [-0.1, -0.05) is 24.6 Å². The second-order valence-electron chi connectivity index (χ2n) is 4.07. The highest BCUT2D eigenvalue weighted by Gasteiger charge is 2.18. The lowest BCUT2D eigenvalue weighted by Gasteiger charge is -2.10. The average Bonchev–Trinajstić information content (AvgIpc) is 2.84. The van der Waals surface area contributed by atoms with Gasteiger partial charge in [-0.2, -0.15) is 8.42 Å². The van der Waals surface area contributed by atoms with E-state index < -0.39 is 10.0 Å². The number of aromatic amines is 1. The quantitative estimate of drug-likeness (QED) is 0.911. The van der Waals surface area contributed by atoms with Crippen LogP contribution in [0.25, 0.3) is 0 Å². The second kappa shape index (κ2) is 5.22. The molecule has 0 bridgehead atoms. The molecule has 2 rings (SSSR count). The molecular formula is C12H14ClN3O2S. The summed E-state index contributed by atoms with van der Waals surface area (Å²) in [5.41, 5.74) is 1.14. The molecular weight excluding hydrogens is 286 g/mol. The predicted molar refractivity (Wildman–Crippen MR) is 75.0 cm³/mol. The Morgan fingerprint density at radius 3 is 2.79 bits per heavy atom. The van der Waals surface area contributed by atoms with Gasteiger partial charge in [-0.05, 0) is 24.6 Å². The molecule has 102 valence electrons. The summed E-state index contributed by atoms with van der Waals surface area (Å²) in [6.07, 6.45) is 1.95. The normalized spacial score (nSPS) is 11.5. The zero-order valence-electron chi connectivity index (χ0n) is 10.6. The lowest BCUT2D eigenvalue weighted by Crippen LogP contribution is -2.14. The Bertz CT molecular complexity index is 695. The Hall–Kier alpha value is -1.53. The number of imidazole rings is 1. The van der Waals surface area contributed by atoms with E-state index in [1.165, 1.54) is 6.20 Å². The highest BCUT2D eigenvalue weighted by molar-refractivity contribution is 7.92. The topological polar surface area (TPSA) is 74.8 Å². The first kappa shape index (κ1) is 13.9. The van der Waals surface area contributed by atoms with Crippen molar-refractivity contribution in [2.45, 2.75) is 25.3 Å². The van der Waals surface area contributed by atoms with E-state index in [4.69, 9.17) is 11.6 Å². The number of hydrogen-bond donors (Lipinski definition) is 2. The molecule has 1 aromatic heterocycles. The summed E-state index contributed by atoms with van der Waals surface area (Å²) in [6.45, 7) is 3.65. The number of halogens is 1. The van der Waals surface area contributed by atoms with Crippen molar-refractivity contribution >= 4 is 27.3 Å². The third-order valence-electron chi connectivity index (χ3n) is 2.74. The minimum Gasteiger partial charge on any atom is -0.332 e. The van der Waals surface area contributed by atoms with E-state index in [-0.39, 0.29) is 5.03 Å². The molecule has 5 nitrogen and oxygen atoms in total. The largest absolute Gasteiger partial charge is 0.332 e. The van der Waals surface area contributed by atoms with E-state index in [1.807, 2.05) is 6.92 Å². The smallest absolute Gasteiger partial charge is 0.278 e. The molecule has 1 heterocycles. The van der Waals surface area contributed by atoms with Crippen molar-refractivity contribution < 1.29 is 8.42 Å². The third kappa shape index (κ3) is 2.90. The van der Waals surface area contributed by atoms with Gasteiger partial charge >= 0.3 is 0 Å². The van der Waals surface area contributed by atoms with Crippen LogP contribution in [0.1, 0.15) is 18.3 Å². The van der Waals surface area contributed by atoms with Gasteiger partial charge in [0.05, 0.1) is 11.9 Å². The summed E-state index contributed by atoms with van der Waals surface area (Å²) in [4.78, 5) is 6.74. The molecule has 2 aromatic rings. The van der Waals surface area contributed by atoms with Crippen molar-refractivity contribution in [1.29, 1.82) is 0 Å². The van der Waals surface area contributed by atoms with Crippen molar-refractivity contribution in [3.05, 3.63) is 40.8 Å². The molecule has 0 aliphatic heterocycles. The van der Waals surface area contributed by atoms with Crippen LogP contribution in [0.2, 0.25) is 5.02 Å². The Kier molecular flexibility index (Phi) is 3.82. The van der Waals surface area contributed by atoms with Crippen molar-refractivity contribution in [3.8, 4) is 0 Å². The van der Waals surface area contributed by atoms with Crippen LogP contribution in [0, 0.1) is 6.92 Å². The summed E-state index contributed by atoms with van der Waals surface area (Å²) >= 11 is 5.96. The van der Waals surface area contributed by atoms with Gasteiger partial charge < -0.3 is 4.98 Å². The minimum absolute atomic E-state index is 0.0451. The Balaban J connectivity index is 2.33. The number of hydrogen-bond acceptors (Lipinski definition) is 3. The molecule has 0 aliphatic carbocycles. The fourth-order valence-electron chi connectivity index (χ4n) is 1.58. The number of H-pyrrole nitrogens is 1. The number of rotatable bonds is 4. The first-order chi connectivity index (χ1) is 8.94. The molecule has 7 heteroatoms. The van der Waals surface area contributed by atoms with Gasteiger partial charge in [0.25, 0.3) is 10.0 Å². The summed E-state index contributed by atoms with van der Waals surface area (Å²) in [6, 6.07) is 5.06. The van der Waals surface area contributed by atoms with E-state index in [0.717, 1.165) is 0 Å². The van der Waals surface area contributed by atoms with Crippen molar-refractivity contribution in [2.24, 2.45) is 0 Å². The fraction of sp³-hybridized carbons (Fsp3) is 0.250. The predicted octanol–water partition coefficient (Wildman–Crippen LogP) is 2.73. The average molecular weight is 300 g/mol. The van der Waals surface area contributed by atoms with Gasteiger partial charge in [0.15, 0.2) is 5.03 Å². The molecule has 0 spiro atoms. The van der Waals surface area contributed by atoms with Gasteiger partial charge in [-0.15, -0.1) is 0 Å². The molecule has 0 saturated carbocycles. The molecule has 0 aliphatic rings. The summed E-state index contributed by atoms with van der Waals surface area (Å²) in [7, 11) is -3.67. The highest BCUT2D eigenvalue weighted by Crippen LogP contribution is 2.25. The van der Waals surface area contributed by atoms with Crippen LogP contribution in [0.3, 0.4) is 0 Å². The summed E-state index contributed by atoms with van der Waals surface area (Å²) in [5, 5.41) is 0.558. The van der Waals surface area contributed by atoms with E-state index in [2.05, 4.69) is 14.7 Å². The number of aromatic nitrogens is 2. The number of sulfonamides is 1. The monoisotopic (exact) mass is 299 g/mol. The van der Waals surface area contributed by atoms with Crippen LogP contribution < -0.4 is 4.72 Å². The van der Waals surface area contributed by atoms with Gasteiger partial charge in [-0.3, -0.25) is 4.72 Å². The summed E-state index contributed by atoms with van der Waals surface area (Å²) < 4.78 is 26.8. The minimum atomic E-state index is -3.67. The molecule has 1 aromatic carbocycles. The highest BCUT2D eigenvalue weighted by atomic mass is 35.5. The molecule has 0 amide bonds. The zero-order chi connectivity index (χ0) is 14.0. The van der Waals surface area contributed by atoms with E-state index in [9.17, 15) is 8.42 Å². The number of nitrogens with zero attached hydrogens (tertiary/aromatic N) is 1. The number of anilines is 1. The van der Waals surface area contributed by atoms with Crippen molar-refractivity contribution in [1.82, 2.24) is 9.97 Å². The van der Waals surface area contributed by atoms with Crippen LogP contribution in [0.15, 0.2) is 29.4 Å². The lowest BCUT2D eigenvalue weighted by atomic mass is 10.2. The van der Waals surface area contributed by atoms with Gasteiger partial charge in [-0.25, -0.2) is 4.98 Å². The van der Waals surface area contributed by atoms with Gasteiger partial charge in [0, 0.05) is 11.4 Å². The Morgan fingerprint density at radius 1 is 1.42 bits per heavy atom. The molecule has 0 saturated heterocycles. The molecule has 0 radical (unpaired) electrons. The molecule has 0 atom stereocenters. The maximum Gasteiger partial charge on any atom is 0.278 e. The standard InChI is InChI=1S/C12H14ClN3O2S/c1-3-11-14-7-12(15-11)19(17,18)16-10-6-4-5-9(13)8(10)2/h4-7,16H,3H2,1-2H3,(H,14,15). The van der Waals surface area contributed by atoms with Crippen LogP contribution in [-0.4, -0.2) is 18.4 Å². The Morgan fingerprint density at radius 2 is 2.16 bits per heavy atom. The number of nitrogens with one attached hydrogen (secondary N) is 2. The first-order valence-corrected chi connectivity index (χ1v) is 7.62. The maximum atomic E-state index is 12.2. The van der Waals surface area contributed by atoms with Gasteiger partial charge in [0.2, 0.25) is 0 Å². The van der Waals surface area contributed by atoms with Crippen LogP contribution in [0.5, 0.6) is 0 Å². The first-order valence-electron chi connectivity index (χ1n) is 5.76. The summed E-state index contributed by atoms with van der Waals surface area (Å²) in [5.74, 6) is 0.628. The van der Waals surface area contributed by atoms with Crippen LogP contribution >= 0.6 is 11.6 Å². The number of benzene rings is 1.